The molecule has 4 heterocycles. The van der Waals surface area contributed by atoms with Crippen molar-refractivity contribution < 1.29 is 27.9 Å². The van der Waals surface area contributed by atoms with Crippen LogP contribution in [0.3, 0.4) is 0 Å². The van der Waals surface area contributed by atoms with E-state index in [0.29, 0.717) is 87.8 Å². The number of nitrogen functional groups attached to an aromatic ring is 1. The van der Waals surface area contributed by atoms with Crippen molar-refractivity contribution >= 4 is 74.7 Å². The summed E-state index contributed by atoms with van der Waals surface area (Å²) in [7, 11) is 0. The van der Waals surface area contributed by atoms with Crippen molar-refractivity contribution in [1.29, 1.82) is 0 Å². The van der Waals surface area contributed by atoms with Crippen LogP contribution in [0.5, 0.6) is 0 Å². The van der Waals surface area contributed by atoms with Crippen LogP contribution in [0, 0.1) is 3.57 Å². The molecule has 2 saturated heterocycles. The van der Waals surface area contributed by atoms with Gasteiger partial charge in [-0.2, -0.15) is 9.97 Å². The first kappa shape index (κ1) is 34.9. The second-order valence-corrected chi connectivity index (χ2v) is 13.5. The average Bonchev–Trinajstić information content (AvgIpc) is 3.84. The molecule has 2 aliphatic heterocycles. The summed E-state index contributed by atoms with van der Waals surface area (Å²) in [6, 6.07) is 31.9. The summed E-state index contributed by atoms with van der Waals surface area (Å²) in [6.07, 6.45) is -0.573. The Balaban J connectivity index is 0.000000162. The van der Waals surface area contributed by atoms with Crippen LogP contribution in [0.2, 0.25) is 0 Å². The molecule has 2 N–H and O–H groups in total. The minimum absolute atomic E-state index is 0.277. The van der Waals surface area contributed by atoms with Gasteiger partial charge in [0.15, 0.2) is 11.2 Å². The third-order valence-corrected chi connectivity index (χ3v) is 9.69. The number of fused-ring (bicyclic) bond motifs is 2. The molecule has 0 saturated carbocycles. The molecule has 0 bridgehead atoms. The summed E-state index contributed by atoms with van der Waals surface area (Å²) < 4.78 is 23.5. The van der Waals surface area contributed by atoms with Gasteiger partial charge in [0.1, 0.15) is 24.2 Å². The number of carbonyl (C=O) groups excluding carboxylic acids is 2. The van der Waals surface area contributed by atoms with Crippen LogP contribution >= 0.6 is 22.6 Å². The molecule has 268 valence electrons. The van der Waals surface area contributed by atoms with Crippen molar-refractivity contribution in [2.45, 2.75) is 13.2 Å². The van der Waals surface area contributed by atoms with Crippen LogP contribution in [-0.2, 0) is 22.7 Å². The monoisotopic (exact) mass is 815 g/mol. The SMILES string of the molecule is Nc1cccc2oc(N3CCN(C(=O)OCc4ccccc4)CC3)nc12.O=C(OCc1ccccc1)N1CCN(c2nc3c(I)cccc3o2)CC1. The number of piperazine rings is 2. The van der Waals surface area contributed by atoms with E-state index in [1.54, 1.807) is 15.9 Å². The fraction of sp³-hybridized carbons (Fsp3) is 0.263. The van der Waals surface area contributed by atoms with Gasteiger partial charge in [0.25, 0.3) is 12.0 Å². The number of nitrogens with two attached hydrogens (primary N) is 1. The first-order chi connectivity index (χ1) is 25.4. The van der Waals surface area contributed by atoms with E-state index in [1.807, 2.05) is 95.9 Å². The summed E-state index contributed by atoms with van der Waals surface area (Å²) in [6.45, 7) is 5.47. The van der Waals surface area contributed by atoms with Gasteiger partial charge in [0.2, 0.25) is 0 Å². The first-order valence-corrected chi connectivity index (χ1v) is 18.1. The predicted molar refractivity (Wildman–Crippen MR) is 206 cm³/mol. The zero-order chi connectivity index (χ0) is 35.9. The molecule has 2 fully saturated rings. The third-order valence-electron chi connectivity index (χ3n) is 8.82. The molecule has 0 aliphatic carbocycles. The third kappa shape index (κ3) is 8.33. The highest BCUT2D eigenvalue weighted by atomic mass is 127. The molecule has 2 aromatic heterocycles. The molecule has 2 aliphatic rings. The standard InChI is InChI=1S/C19H18IN3O3.C19H20N4O3/c2*20-15-7-4-8-16-17(15)21-18(26-16)22-9-11-23(12-10-22)19(24)25-13-14-5-2-1-3-6-14/h1-8H,9-13H2;1-8H,9-13,20H2. The Kier molecular flexibility index (Phi) is 10.9. The summed E-state index contributed by atoms with van der Waals surface area (Å²) in [5.41, 5.74) is 11.5. The van der Waals surface area contributed by atoms with Crippen molar-refractivity contribution in [3.63, 3.8) is 0 Å². The fourth-order valence-corrected chi connectivity index (χ4v) is 6.51. The number of carbonyl (C=O) groups is 2. The number of oxazole rings is 2. The lowest BCUT2D eigenvalue weighted by Gasteiger charge is -2.33. The summed E-state index contributed by atoms with van der Waals surface area (Å²) >= 11 is 2.26. The van der Waals surface area contributed by atoms with E-state index in [9.17, 15) is 9.59 Å². The number of amides is 2. The molecular weight excluding hydrogens is 777 g/mol. The number of aromatic nitrogens is 2. The largest absolute Gasteiger partial charge is 0.445 e. The number of benzene rings is 4. The molecule has 0 atom stereocenters. The summed E-state index contributed by atoms with van der Waals surface area (Å²) in [5.74, 6) is 0. The first-order valence-electron chi connectivity index (χ1n) is 17.0. The van der Waals surface area contributed by atoms with E-state index in [1.165, 1.54) is 0 Å². The molecule has 14 heteroatoms. The molecule has 13 nitrogen and oxygen atoms in total. The lowest BCUT2D eigenvalue weighted by atomic mass is 10.2. The molecule has 8 rings (SSSR count). The van der Waals surface area contributed by atoms with Crippen LogP contribution in [0.4, 0.5) is 27.3 Å². The van der Waals surface area contributed by atoms with E-state index < -0.39 is 0 Å². The van der Waals surface area contributed by atoms with Gasteiger partial charge in [0, 0.05) is 55.9 Å². The highest BCUT2D eigenvalue weighted by Crippen LogP contribution is 2.28. The Morgan fingerprint density at radius 2 is 1.04 bits per heavy atom. The summed E-state index contributed by atoms with van der Waals surface area (Å²) in [5, 5.41) is 0. The number of halogens is 1. The molecule has 52 heavy (non-hydrogen) atoms. The van der Waals surface area contributed by atoms with Crippen LogP contribution in [0.25, 0.3) is 22.2 Å². The highest BCUT2D eigenvalue weighted by molar-refractivity contribution is 14.1. The minimum Gasteiger partial charge on any atom is -0.445 e. The van der Waals surface area contributed by atoms with Crippen molar-refractivity contribution in [3.05, 3.63) is 112 Å². The Labute approximate surface area is 314 Å². The number of nitrogens with zero attached hydrogens (tertiary/aromatic N) is 6. The van der Waals surface area contributed by atoms with Gasteiger partial charge in [-0.1, -0.05) is 72.8 Å². The summed E-state index contributed by atoms with van der Waals surface area (Å²) in [4.78, 5) is 41.1. The second kappa shape index (κ2) is 16.2. The molecule has 6 aromatic rings. The maximum Gasteiger partial charge on any atom is 0.410 e. The lowest BCUT2D eigenvalue weighted by molar-refractivity contribution is 0.0932. The molecule has 0 spiro atoms. The van der Waals surface area contributed by atoms with Crippen molar-refractivity contribution in [2.24, 2.45) is 0 Å². The normalized spacial score (nSPS) is 14.6. The Morgan fingerprint density at radius 1 is 0.596 bits per heavy atom. The smallest absolute Gasteiger partial charge is 0.410 e. The quantitative estimate of drug-likeness (QED) is 0.141. The Morgan fingerprint density at radius 3 is 1.50 bits per heavy atom. The number of hydrogen-bond donors (Lipinski definition) is 1. The van der Waals surface area contributed by atoms with Gasteiger partial charge >= 0.3 is 12.2 Å². The van der Waals surface area contributed by atoms with Crippen molar-refractivity contribution in [1.82, 2.24) is 19.8 Å². The average molecular weight is 816 g/mol. The van der Waals surface area contributed by atoms with Crippen LogP contribution in [-0.4, -0.2) is 84.3 Å². The van der Waals surface area contributed by atoms with Crippen LogP contribution < -0.4 is 15.5 Å². The zero-order valence-corrected chi connectivity index (χ0v) is 30.6. The molecule has 0 radical (unpaired) electrons. The Hall–Kier alpha value is -5.51. The minimum atomic E-state index is -0.296. The number of para-hydroxylation sites is 2. The highest BCUT2D eigenvalue weighted by Gasteiger charge is 2.26. The van der Waals surface area contributed by atoms with Crippen molar-refractivity contribution in [2.75, 3.05) is 67.9 Å². The van der Waals surface area contributed by atoms with Gasteiger partial charge in [-0.05, 0) is 58.0 Å². The number of ether oxygens (including phenoxy) is 2. The van der Waals surface area contributed by atoms with Gasteiger partial charge in [-0.25, -0.2) is 9.59 Å². The topological polar surface area (TPSA) is 144 Å². The fourth-order valence-electron chi connectivity index (χ4n) is 5.91. The van der Waals surface area contributed by atoms with E-state index in [0.717, 1.165) is 25.8 Å². The van der Waals surface area contributed by atoms with Crippen molar-refractivity contribution in [3.8, 4) is 0 Å². The van der Waals surface area contributed by atoms with Crippen LogP contribution in [0.15, 0.2) is 106 Å². The van der Waals surface area contributed by atoms with Gasteiger partial charge < -0.3 is 43.6 Å². The second-order valence-electron chi connectivity index (χ2n) is 12.3. The lowest BCUT2D eigenvalue weighted by Crippen LogP contribution is -2.49. The van der Waals surface area contributed by atoms with E-state index in [4.69, 9.17) is 24.0 Å². The van der Waals surface area contributed by atoms with E-state index in [2.05, 4.69) is 37.5 Å². The van der Waals surface area contributed by atoms with E-state index in [-0.39, 0.29) is 18.8 Å². The van der Waals surface area contributed by atoms with Crippen LogP contribution in [0.1, 0.15) is 11.1 Å². The molecule has 4 aromatic carbocycles. The van der Waals surface area contributed by atoms with E-state index >= 15 is 0 Å². The number of hydrogen-bond acceptors (Lipinski definition) is 11. The number of anilines is 3. The molecule has 0 unspecified atom stereocenters. The zero-order valence-electron chi connectivity index (χ0n) is 28.4. The maximum absolute atomic E-state index is 12.2. The van der Waals surface area contributed by atoms with Gasteiger partial charge in [-0.3, -0.25) is 0 Å². The Bertz CT molecular complexity index is 1960. The predicted octanol–water partition coefficient (Wildman–Crippen LogP) is 6.76. The maximum atomic E-state index is 12.2. The number of rotatable bonds is 6. The molecule has 2 amide bonds. The van der Waals surface area contributed by atoms with Gasteiger partial charge in [0.05, 0.1) is 5.69 Å². The molecular formula is C38H38IN7O6. The van der Waals surface area contributed by atoms with Gasteiger partial charge in [-0.15, -0.1) is 0 Å².